The van der Waals surface area contributed by atoms with E-state index in [4.69, 9.17) is 14.6 Å². The summed E-state index contributed by atoms with van der Waals surface area (Å²) in [4.78, 5) is 10.4. The third-order valence-electron chi connectivity index (χ3n) is 1.61. The van der Waals surface area contributed by atoms with Crippen LogP contribution in [0.25, 0.3) is 0 Å². The summed E-state index contributed by atoms with van der Waals surface area (Å²) in [5.41, 5.74) is 0. The van der Waals surface area contributed by atoms with Gasteiger partial charge in [-0.25, -0.2) is 4.79 Å². The van der Waals surface area contributed by atoms with Crippen LogP contribution < -0.4 is 5.32 Å². The highest BCUT2D eigenvalue weighted by Crippen LogP contribution is 2.07. The van der Waals surface area contributed by atoms with E-state index in [9.17, 15) is 4.79 Å². The van der Waals surface area contributed by atoms with Crippen molar-refractivity contribution in [1.82, 2.24) is 5.32 Å². The maximum atomic E-state index is 10.4. The Hall–Kier alpha value is -1.33. The molecule has 5 nitrogen and oxygen atoms in total. The Morgan fingerprint density at radius 2 is 2.36 bits per heavy atom. The molecule has 14 heavy (non-hydrogen) atoms. The highest BCUT2D eigenvalue weighted by molar-refractivity contribution is 5.84. The quantitative estimate of drug-likeness (QED) is 0.641. The van der Waals surface area contributed by atoms with Crippen molar-refractivity contribution in [2.45, 2.75) is 19.6 Å². The van der Waals surface area contributed by atoms with Crippen LogP contribution in [0.2, 0.25) is 0 Å². The number of aromatic carboxylic acids is 1. The minimum atomic E-state index is -1.08. The van der Waals surface area contributed by atoms with Crippen LogP contribution in [-0.4, -0.2) is 28.8 Å². The Morgan fingerprint density at radius 3 is 2.86 bits per heavy atom. The first-order chi connectivity index (χ1) is 6.59. The van der Waals surface area contributed by atoms with Gasteiger partial charge in [0.15, 0.2) is 0 Å². The molecule has 1 atom stereocenters. The predicted octanol–water partition coefficient (Wildman–Crippen LogP) is 0.448. The predicted molar refractivity (Wildman–Crippen MR) is 49.1 cm³/mol. The SMILES string of the molecule is CC(O)CNCc1ccc(C(=O)O)o1. The molecule has 1 unspecified atom stereocenters. The minimum Gasteiger partial charge on any atom is -0.475 e. The summed E-state index contributed by atoms with van der Waals surface area (Å²) < 4.78 is 4.98. The molecule has 78 valence electrons. The zero-order chi connectivity index (χ0) is 10.6. The molecule has 0 aliphatic heterocycles. The van der Waals surface area contributed by atoms with Gasteiger partial charge in [-0.1, -0.05) is 0 Å². The summed E-state index contributed by atoms with van der Waals surface area (Å²) in [5.74, 6) is -0.603. The average Bonchev–Trinajstić information content (AvgIpc) is 2.52. The van der Waals surface area contributed by atoms with E-state index in [0.29, 0.717) is 18.8 Å². The lowest BCUT2D eigenvalue weighted by atomic mass is 10.4. The van der Waals surface area contributed by atoms with Crippen molar-refractivity contribution in [3.8, 4) is 0 Å². The average molecular weight is 199 g/mol. The lowest BCUT2D eigenvalue weighted by Gasteiger charge is -2.04. The molecule has 0 saturated carbocycles. The highest BCUT2D eigenvalue weighted by atomic mass is 16.4. The van der Waals surface area contributed by atoms with Gasteiger partial charge in [-0.15, -0.1) is 0 Å². The topological polar surface area (TPSA) is 82.7 Å². The van der Waals surface area contributed by atoms with Crippen LogP contribution in [0.1, 0.15) is 23.2 Å². The summed E-state index contributed by atoms with van der Waals surface area (Å²) in [5, 5.41) is 20.4. The van der Waals surface area contributed by atoms with Crippen LogP contribution in [0.3, 0.4) is 0 Å². The molecule has 0 aliphatic carbocycles. The van der Waals surface area contributed by atoms with Crippen LogP contribution in [0.15, 0.2) is 16.5 Å². The highest BCUT2D eigenvalue weighted by Gasteiger charge is 2.08. The Kier molecular flexibility index (Phi) is 3.67. The molecular formula is C9H13NO4. The smallest absolute Gasteiger partial charge is 0.371 e. The van der Waals surface area contributed by atoms with Crippen molar-refractivity contribution < 1.29 is 19.4 Å². The van der Waals surface area contributed by atoms with Crippen LogP contribution >= 0.6 is 0 Å². The van der Waals surface area contributed by atoms with E-state index in [1.165, 1.54) is 6.07 Å². The van der Waals surface area contributed by atoms with E-state index in [2.05, 4.69) is 5.32 Å². The molecule has 0 saturated heterocycles. The van der Waals surface area contributed by atoms with Crippen molar-refractivity contribution in [3.63, 3.8) is 0 Å². The minimum absolute atomic E-state index is 0.0705. The molecule has 1 aromatic heterocycles. The van der Waals surface area contributed by atoms with Crippen molar-refractivity contribution >= 4 is 5.97 Å². The van der Waals surface area contributed by atoms with E-state index < -0.39 is 12.1 Å². The van der Waals surface area contributed by atoms with Crippen molar-refractivity contribution in [3.05, 3.63) is 23.7 Å². The van der Waals surface area contributed by atoms with Crippen molar-refractivity contribution in [2.24, 2.45) is 0 Å². The van der Waals surface area contributed by atoms with Gasteiger partial charge in [0, 0.05) is 6.54 Å². The molecule has 0 fully saturated rings. The van der Waals surface area contributed by atoms with Gasteiger partial charge in [0.2, 0.25) is 5.76 Å². The van der Waals surface area contributed by atoms with Gasteiger partial charge in [0.25, 0.3) is 0 Å². The summed E-state index contributed by atoms with van der Waals surface area (Å²) in [6.07, 6.45) is -0.427. The molecule has 0 bridgehead atoms. The van der Waals surface area contributed by atoms with E-state index in [0.717, 1.165) is 0 Å². The summed E-state index contributed by atoms with van der Waals surface area (Å²) in [6, 6.07) is 3.00. The number of nitrogens with one attached hydrogen (secondary N) is 1. The zero-order valence-electron chi connectivity index (χ0n) is 7.86. The molecule has 0 aliphatic rings. The fraction of sp³-hybridized carbons (Fsp3) is 0.444. The largest absolute Gasteiger partial charge is 0.475 e. The first-order valence-electron chi connectivity index (χ1n) is 4.30. The second-order valence-corrected chi connectivity index (χ2v) is 3.05. The normalized spacial score (nSPS) is 12.7. The first kappa shape index (κ1) is 10.7. The molecule has 1 rings (SSSR count). The number of carboxylic acid groups (broad SMARTS) is 1. The van der Waals surface area contributed by atoms with Crippen molar-refractivity contribution in [1.29, 1.82) is 0 Å². The van der Waals surface area contributed by atoms with Gasteiger partial charge in [0.05, 0.1) is 12.6 Å². The van der Waals surface area contributed by atoms with Gasteiger partial charge in [-0.05, 0) is 19.1 Å². The molecule has 1 heterocycles. The maximum absolute atomic E-state index is 10.4. The summed E-state index contributed by atoms with van der Waals surface area (Å²) in [6.45, 7) is 2.53. The van der Waals surface area contributed by atoms with E-state index in [1.807, 2.05) is 0 Å². The van der Waals surface area contributed by atoms with E-state index >= 15 is 0 Å². The maximum Gasteiger partial charge on any atom is 0.371 e. The van der Waals surface area contributed by atoms with Gasteiger partial charge in [-0.2, -0.15) is 0 Å². The fourth-order valence-corrected chi connectivity index (χ4v) is 0.992. The number of hydrogen-bond acceptors (Lipinski definition) is 4. The standard InChI is InChI=1S/C9H13NO4/c1-6(11)4-10-5-7-2-3-8(14-7)9(12)13/h2-3,6,10-11H,4-5H2,1H3,(H,12,13). The summed E-state index contributed by atoms with van der Waals surface area (Å²) in [7, 11) is 0. The van der Waals surface area contributed by atoms with Crippen LogP contribution in [-0.2, 0) is 6.54 Å². The molecule has 1 aromatic rings. The molecular weight excluding hydrogens is 186 g/mol. The van der Waals surface area contributed by atoms with Crippen molar-refractivity contribution in [2.75, 3.05) is 6.54 Å². The number of aliphatic hydroxyl groups is 1. The summed E-state index contributed by atoms with van der Waals surface area (Å²) >= 11 is 0. The molecule has 0 radical (unpaired) electrons. The zero-order valence-corrected chi connectivity index (χ0v) is 7.86. The van der Waals surface area contributed by atoms with Gasteiger partial charge in [-0.3, -0.25) is 0 Å². The van der Waals surface area contributed by atoms with E-state index in [-0.39, 0.29) is 5.76 Å². The number of furan rings is 1. The number of aliphatic hydroxyl groups excluding tert-OH is 1. The van der Waals surface area contributed by atoms with Gasteiger partial charge >= 0.3 is 5.97 Å². The lowest BCUT2D eigenvalue weighted by molar-refractivity contribution is 0.0660. The molecule has 0 amide bonds. The Labute approximate surface area is 81.4 Å². The molecule has 3 N–H and O–H groups in total. The van der Waals surface area contributed by atoms with Crippen LogP contribution in [0, 0.1) is 0 Å². The third-order valence-corrected chi connectivity index (χ3v) is 1.61. The fourth-order valence-electron chi connectivity index (χ4n) is 0.992. The molecule has 0 aromatic carbocycles. The molecule has 5 heteroatoms. The Morgan fingerprint density at radius 1 is 1.64 bits per heavy atom. The van der Waals surface area contributed by atoms with Crippen LogP contribution in [0.5, 0.6) is 0 Å². The lowest BCUT2D eigenvalue weighted by Crippen LogP contribution is -2.23. The third kappa shape index (κ3) is 3.20. The number of carbonyl (C=O) groups is 1. The number of rotatable bonds is 5. The first-order valence-corrected chi connectivity index (χ1v) is 4.30. The Balaban J connectivity index is 2.40. The monoisotopic (exact) mass is 199 g/mol. The second kappa shape index (κ2) is 4.78. The second-order valence-electron chi connectivity index (χ2n) is 3.05. The van der Waals surface area contributed by atoms with Crippen LogP contribution in [0.4, 0.5) is 0 Å². The molecule has 0 spiro atoms. The number of hydrogen-bond donors (Lipinski definition) is 3. The Bertz CT molecular complexity index is 306. The number of carboxylic acids is 1. The van der Waals surface area contributed by atoms with Gasteiger partial charge in [0.1, 0.15) is 5.76 Å². The van der Waals surface area contributed by atoms with Gasteiger partial charge < -0.3 is 19.9 Å². The van der Waals surface area contributed by atoms with E-state index in [1.54, 1.807) is 13.0 Å².